The van der Waals surface area contributed by atoms with E-state index >= 15 is 0 Å². The Morgan fingerprint density at radius 3 is 2.78 bits per heavy atom. The lowest BCUT2D eigenvalue weighted by Gasteiger charge is -2.34. The number of carboxylic acid groups (broad SMARTS) is 1. The van der Waals surface area contributed by atoms with Gasteiger partial charge in [0.25, 0.3) is 0 Å². The van der Waals surface area contributed by atoms with E-state index in [-0.39, 0.29) is 25.0 Å². The number of rotatable bonds is 4. The number of halogens is 1. The Hall–Kier alpha value is -2.90. The van der Waals surface area contributed by atoms with Gasteiger partial charge in [0.15, 0.2) is 0 Å². The average molecular weight is 374 g/mol. The number of imidazole rings is 1. The van der Waals surface area contributed by atoms with Gasteiger partial charge in [-0.05, 0) is 37.0 Å². The number of aromatic nitrogens is 2. The van der Waals surface area contributed by atoms with Crippen LogP contribution < -0.4 is 5.32 Å². The number of aryl methyl sites for hydroxylation is 1. The zero-order valence-corrected chi connectivity index (χ0v) is 15.4. The summed E-state index contributed by atoms with van der Waals surface area (Å²) in [4.78, 5) is 29.2. The van der Waals surface area contributed by atoms with Crippen LogP contribution in [0.4, 0.5) is 9.18 Å². The van der Waals surface area contributed by atoms with Crippen LogP contribution >= 0.6 is 0 Å². The van der Waals surface area contributed by atoms with Gasteiger partial charge in [-0.2, -0.15) is 0 Å². The van der Waals surface area contributed by atoms with Gasteiger partial charge in [-0.1, -0.05) is 13.0 Å². The molecule has 0 radical (unpaired) electrons. The summed E-state index contributed by atoms with van der Waals surface area (Å²) >= 11 is 0. The largest absolute Gasteiger partial charge is 0.481 e. The van der Waals surface area contributed by atoms with E-state index in [4.69, 9.17) is 0 Å². The molecular formula is C19H23FN4O3. The van der Waals surface area contributed by atoms with Gasteiger partial charge in [-0.3, -0.25) is 4.79 Å². The van der Waals surface area contributed by atoms with Gasteiger partial charge in [-0.25, -0.2) is 14.2 Å². The van der Waals surface area contributed by atoms with Gasteiger partial charge in [0.2, 0.25) is 0 Å². The number of amides is 2. The first-order valence-corrected chi connectivity index (χ1v) is 8.89. The molecular weight excluding hydrogens is 351 g/mol. The first-order valence-electron chi connectivity index (χ1n) is 8.89. The molecule has 27 heavy (non-hydrogen) atoms. The third-order valence-corrected chi connectivity index (χ3v) is 4.84. The summed E-state index contributed by atoms with van der Waals surface area (Å²) in [5.74, 6) is -1.02. The number of nitrogens with one attached hydrogen (secondary N) is 1. The van der Waals surface area contributed by atoms with Crippen LogP contribution in [-0.2, 0) is 11.3 Å². The minimum absolute atomic E-state index is 0.126. The van der Waals surface area contributed by atoms with Crippen LogP contribution in [0.15, 0.2) is 30.6 Å². The van der Waals surface area contributed by atoms with Crippen LogP contribution in [0, 0.1) is 24.6 Å². The molecule has 2 aromatic rings. The molecule has 8 heteroatoms. The molecule has 1 saturated heterocycles. The monoisotopic (exact) mass is 374 g/mol. The van der Waals surface area contributed by atoms with Crippen LogP contribution in [0.5, 0.6) is 0 Å². The molecule has 1 aliphatic rings. The number of carbonyl (C=O) groups is 2. The van der Waals surface area contributed by atoms with Crippen molar-refractivity contribution < 1.29 is 19.1 Å². The number of hydrogen-bond acceptors (Lipinski definition) is 3. The Bertz CT molecular complexity index is 851. The Morgan fingerprint density at radius 2 is 2.15 bits per heavy atom. The third kappa shape index (κ3) is 4.27. The van der Waals surface area contributed by atoms with Crippen LogP contribution in [-0.4, -0.2) is 44.6 Å². The van der Waals surface area contributed by atoms with Crippen molar-refractivity contribution >= 4 is 12.0 Å². The summed E-state index contributed by atoms with van der Waals surface area (Å²) in [6.45, 7) is 4.60. The van der Waals surface area contributed by atoms with Crippen LogP contribution in [0.3, 0.4) is 0 Å². The molecule has 2 atom stereocenters. The molecule has 0 aliphatic carbocycles. The fourth-order valence-corrected chi connectivity index (χ4v) is 3.47. The van der Waals surface area contributed by atoms with Crippen LogP contribution in [0.2, 0.25) is 0 Å². The quantitative estimate of drug-likeness (QED) is 0.861. The molecule has 1 fully saturated rings. The lowest BCUT2D eigenvalue weighted by Crippen LogP contribution is -2.49. The van der Waals surface area contributed by atoms with Crippen molar-refractivity contribution in [2.45, 2.75) is 26.8 Å². The predicted molar refractivity (Wildman–Crippen MR) is 97.0 cm³/mol. The zero-order chi connectivity index (χ0) is 19.6. The van der Waals surface area contributed by atoms with Gasteiger partial charge >= 0.3 is 12.0 Å². The highest BCUT2D eigenvalue weighted by molar-refractivity contribution is 5.76. The molecule has 144 valence electrons. The number of nitrogens with zero attached hydrogens (tertiary/aromatic N) is 3. The van der Waals surface area contributed by atoms with E-state index in [0.717, 1.165) is 0 Å². The number of urea groups is 1. The predicted octanol–water partition coefficient (Wildman–Crippen LogP) is 2.57. The molecule has 0 saturated carbocycles. The molecule has 3 rings (SSSR count). The molecule has 1 aromatic heterocycles. The van der Waals surface area contributed by atoms with Crippen molar-refractivity contribution in [1.29, 1.82) is 0 Å². The second-order valence-electron chi connectivity index (χ2n) is 7.07. The van der Waals surface area contributed by atoms with Gasteiger partial charge < -0.3 is 19.9 Å². The number of likely N-dealkylation sites (tertiary alicyclic amines) is 1. The Balaban J connectivity index is 1.63. The fraction of sp³-hybridized carbons (Fsp3) is 0.421. The fourth-order valence-electron chi connectivity index (χ4n) is 3.47. The number of hydrogen-bond donors (Lipinski definition) is 2. The second-order valence-corrected chi connectivity index (χ2v) is 7.07. The van der Waals surface area contributed by atoms with Gasteiger partial charge in [-0.15, -0.1) is 0 Å². The van der Waals surface area contributed by atoms with Crippen molar-refractivity contribution in [3.8, 4) is 5.69 Å². The highest BCUT2D eigenvalue weighted by Crippen LogP contribution is 2.22. The molecule has 2 unspecified atom stereocenters. The molecule has 2 amide bonds. The molecule has 2 heterocycles. The van der Waals surface area contributed by atoms with Crippen molar-refractivity contribution in [2.75, 3.05) is 13.1 Å². The highest BCUT2D eigenvalue weighted by Gasteiger charge is 2.31. The normalized spacial score (nSPS) is 19.7. The Morgan fingerprint density at radius 1 is 1.37 bits per heavy atom. The van der Waals surface area contributed by atoms with E-state index in [9.17, 15) is 19.1 Å². The highest BCUT2D eigenvalue weighted by atomic mass is 19.1. The van der Waals surface area contributed by atoms with E-state index in [1.165, 1.54) is 11.0 Å². The minimum Gasteiger partial charge on any atom is -0.481 e. The number of carbonyl (C=O) groups excluding carboxylic acids is 1. The molecule has 1 aliphatic heterocycles. The number of carboxylic acids is 1. The second kappa shape index (κ2) is 7.77. The molecule has 0 bridgehead atoms. The van der Waals surface area contributed by atoms with Gasteiger partial charge in [0.05, 0.1) is 11.6 Å². The first kappa shape index (κ1) is 18.9. The Labute approximate surface area is 156 Å². The summed E-state index contributed by atoms with van der Waals surface area (Å²) in [5, 5.41) is 12.0. The lowest BCUT2D eigenvalue weighted by molar-refractivity contribution is -0.143. The number of benzene rings is 1. The first-order chi connectivity index (χ1) is 12.8. The summed E-state index contributed by atoms with van der Waals surface area (Å²) < 4.78 is 16.1. The standard InChI is InChI=1S/C19H23FN4O3/c1-12-7-15(18(25)26)11-23(10-12)19(27)22-9-14-3-4-17(16(20)8-14)24-6-5-21-13(24)2/h3-6,8,12,15H,7,9-11H2,1-2H3,(H,22,27)(H,25,26). The maximum absolute atomic E-state index is 14.4. The van der Waals surface area contributed by atoms with Crippen molar-refractivity contribution in [3.63, 3.8) is 0 Å². The topological polar surface area (TPSA) is 87.5 Å². The minimum atomic E-state index is -0.883. The molecule has 0 spiro atoms. The average Bonchev–Trinajstić information content (AvgIpc) is 3.05. The number of aliphatic carboxylic acids is 1. The molecule has 7 nitrogen and oxygen atoms in total. The smallest absolute Gasteiger partial charge is 0.317 e. The van der Waals surface area contributed by atoms with E-state index in [2.05, 4.69) is 10.3 Å². The molecule has 2 N–H and O–H groups in total. The third-order valence-electron chi connectivity index (χ3n) is 4.84. The van der Waals surface area contributed by atoms with Crippen molar-refractivity contribution in [2.24, 2.45) is 11.8 Å². The van der Waals surface area contributed by atoms with E-state index in [1.54, 1.807) is 36.0 Å². The van der Waals surface area contributed by atoms with Gasteiger partial charge in [0.1, 0.15) is 11.6 Å². The maximum Gasteiger partial charge on any atom is 0.317 e. The van der Waals surface area contributed by atoms with Crippen molar-refractivity contribution in [1.82, 2.24) is 19.8 Å². The number of piperidine rings is 1. The van der Waals surface area contributed by atoms with Crippen molar-refractivity contribution in [3.05, 3.63) is 47.8 Å². The van der Waals surface area contributed by atoms with E-state index in [1.807, 2.05) is 6.92 Å². The summed E-state index contributed by atoms with van der Waals surface area (Å²) in [6, 6.07) is 4.45. The van der Waals surface area contributed by atoms with Crippen LogP contribution in [0.25, 0.3) is 5.69 Å². The summed E-state index contributed by atoms with van der Waals surface area (Å²) in [5.41, 5.74) is 1.02. The van der Waals surface area contributed by atoms with E-state index < -0.39 is 17.7 Å². The molecule has 1 aromatic carbocycles. The van der Waals surface area contributed by atoms with Gasteiger partial charge in [0, 0.05) is 32.0 Å². The summed E-state index contributed by atoms with van der Waals surface area (Å²) in [7, 11) is 0. The SMILES string of the molecule is Cc1nccn1-c1ccc(CNC(=O)N2CC(C)CC(C(=O)O)C2)cc1F. The summed E-state index contributed by atoms with van der Waals surface area (Å²) in [6.07, 6.45) is 3.86. The lowest BCUT2D eigenvalue weighted by atomic mass is 9.91. The Kier molecular flexibility index (Phi) is 5.43. The van der Waals surface area contributed by atoms with E-state index in [0.29, 0.717) is 30.0 Å². The van der Waals surface area contributed by atoms with Crippen LogP contribution in [0.1, 0.15) is 24.7 Å². The zero-order valence-electron chi connectivity index (χ0n) is 15.4. The maximum atomic E-state index is 14.4.